The van der Waals surface area contributed by atoms with E-state index in [9.17, 15) is 24.0 Å². The van der Waals surface area contributed by atoms with E-state index in [1.807, 2.05) is 75.4 Å². The number of nitrogens with one attached hydrogen (secondary N) is 3. The Kier molecular flexibility index (Phi) is 8.19. The maximum atomic E-state index is 14.2. The lowest BCUT2D eigenvalue weighted by molar-refractivity contribution is -0.193. The van der Waals surface area contributed by atoms with Crippen molar-refractivity contribution in [3.05, 3.63) is 88.6 Å². The minimum Gasteiger partial charge on any atom is -0.444 e. The molecule has 2 aromatic carbocycles. The molecule has 5 amide bonds. The third-order valence-electron chi connectivity index (χ3n) is 10.6. The van der Waals surface area contributed by atoms with Gasteiger partial charge in [0.1, 0.15) is 18.0 Å². The number of hydrogen-bond donors (Lipinski definition) is 3. The summed E-state index contributed by atoms with van der Waals surface area (Å²) >= 11 is 0. The second-order valence-corrected chi connectivity index (χ2v) is 15.9. The van der Waals surface area contributed by atoms with Gasteiger partial charge in [0.15, 0.2) is 0 Å². The minimum atomic E-state index is -0.722. The van der Waals surface area contributed by atoms with Crippen molar-refractivity contribution in [1.82, 2.24) is 20.1 Å². The van der Waals surface area contributed by atoms with Crippen molar-refractivity contribution in [2.75, 3.05) is 24.2 Å². The van der Waals surface area contributed by atoms with Crippen LogP contribution in [-0.2, 0) is 55.3 Å². The van der Waals surface area contributed by atoms with Crippen LogP contribution in [0.5, 0.6) is 0 Å². The van der Waals surface area contributed by atoms with Gasteiger partial charge in [-0.15, -0.1) is 0 Å². The highest BCUT2D eigenvalue weighted by Crippen LogP contribution is 2.68. The monoisotopic (exact) mass is 692 g/mol. The predicted octanol–water partition coefficient (Wildman–Crippen LogP) is 4.46. The number of hydrogen-bond acceptors (Lipinski definition) is 7. The first-order valence-electron chi connectivity index (χ1n) is 17.4. The van der Waals surface area contributed by atoms with Crippen molar-refractivity contribution in [2.24, 2.45) is 5.41 Å². The molecule has 3 saturated carbocycles. The number of ether oxygens (including phenoxy) is 1. The molecule has 0 saturated heterocycles. The molecule has 1 aromatic heterocycles. The van der Waals surface area contributed by atoms with Gasteiger partial charge >= 0.3 is 6.09 Å². The van der Waals surface area contributed by atoms with E-state index < -0.39 is 22.5 Å². The maximum Gasteiger partial charge on any atom is 0.410 e. The number of amides is 5. The van der Waals surface area contributed by atoms with Gasteiger partial charge in [-0.3, -0.25) is 19.2 Å². The minimum absolute atomic E-state index is 0.0707. The van der Waals surface area contributed by atoms with E-state index in [2.05, 4.69) is 20.9 Å². The Bertz CT molecular complexity index is 1950. The summed E-state index contributed by atoms with van der Waals surface area (Å²) in [5, 5.41) is 8.92. The van der Waals surface area contributed by atoms with Crippen LogP contribution in [0.1, 0.15) is 74.8 Å². The molecule has 1 atom stereocenters. The summed E-state index contributed by atoms with van der Waals surface area (Å²) in [7, 11) is 1.66. The topological polar surface area (TPSA) is 150 Å². The number of nitrogens with zero attached hydrogens (tertiary/aromatic N) is 3. The second kappa shape index (κ2) is 12.2. The fourth-order valence-corrected chi connectivity index (χ4v) is 8.51. The fourth-order valence-electron chi connectivity index (χ4n) is 8.51. The van der Waals surface area contributed by atoms with Crippen LogP contribution < -0.4 is 16.0 Å². The van der Waals surface area contributed by atoms with Crippen LogP contribution >= 0.6 is 0 Å². The molecule has 3 fully saturated rings. The lowest BCUT2D eigenvalue weighted by atomic mass is 9.39. The normalized spacial score (nSPS) is 23.6. The average Bonchev–Trinajstić information content (AvgIpc) is 3.53. The fraction of sp³-hybridized carbons (Fsp3) is 0.436. The van der Waals surface area contributed by atoms with Gasteiger partial charge in [-0.05, 0) is 93.3 Å². The highest BCUT2D eigenvalue weighted by atomic mass is 16.6. The Labute approximate surface area is 297 Å². The maximum absolute atomic E-state index is 14.2. The molecule has 0 unspecified atom stereocenters. The van der Waals surface area contributed by atoms with Gasteiger partial charge in [0, 0.05) is 50.0 Å². The Morgan fingerprint density at radius 3 is 2.31 bits per heavy atom. The zero-order valence-corrected chi connectivity index (χ0v) is 29.7. The molecule has 51 heavy (non-hydrogen) atoms. The summed E-state index contributed by atoms with van der Waals surface area (Å²) in [5.41, 5.74) is 2.79. The van der Waals surface area contributed by atoms with Crippen molar-refractivity contribution in [1.29, 1.82) is 0 Å². The van der Waals surface area contributed by atoms with Gasteiger partial charge < -0.3 is 30.5 Å². The number of rotatable bonds is 9. The van der Waals surface area contributed by atoms with Crippen molar-refractivity contribution in [2.45, 2.75) is 89.4 Å². The Morgan fingerprint density at radius 2 is 1.63 bits per heavy atom. The van der Waals surface area contributed by atoms with E-state index in [0.29, 0.717) is 43.6 Å². The molecular formula is C39H44N6O6. The summed E-state index contributed by atoms with van der Waals surface area (Å²) in [6, 6.07) is 17.0. The summed E-state index contributed by atoms with van der Waals surface area (Å²) in [6.07, 6.45) is 3.87. The van der Waals surface area contributed by atoms with Crippen LogP contribution in [0.2, 0.25) is 0 Å². The van der Waals surface area contributed by atoms with E-state index in [0.717, 1.165) is 27.8 Å². The van der Waals surface area contributed by atoms with Crippen LogP contribution in [0.15, 0.2) is 60.8 Å². The summed E-state index contributed by atoms with van der Waals surface area (Å²) in [4.78, 5) is 73.1. The quantitative estimate of drug-likeness (QED) is 0.300. The Balaban J connectivity index is 1.08. The lowest BCUT2D eigenvalue weighted by Crippen LogP contribution is -2.78. The zero-order valence-electron chi connectivity index (χ0n) is 29.7. The molecular weight excluding hydrogens is 648 g/mol. The van der Waals surface area contributed by atoms with Gasteiger partial charge in [-0.2, -0.15) is 0 Å². The number of pyridine rings is 1. The van der Waals surface area contributed by atoms with Crippen molar-refractivity contribution in [3.8, 4) is 0 Å². The van der Waals surface area contributed by atoms with Crippen molar-refractivity contribution < 1.29 is 28.7 Å². The number of anilines is 2. The molecule has 12 heteroatoms. The number of carbonyl (C=O) groups is 5. The first-order valence-corrected chi connectivity index (χ1v) is 17.4. The molecule has 2 bridgehead atoms. The number of aromatic nitrogens is 1. The molecule has 1 spiro atoms. The Hall–Kier alpha value is -5.26. The van der Waals surface area contributed by atoms with Crippen molar-refractivity contribution in [3.63, 3.8) is 0 Å². The molecule has 3 N–H and O–H groups in total. The molecule has 3 aromatic rings. The standard InChI is InChI=1S/C39H44N6O6/c1-24(46)43-38-21-37(22-38,23-38)34(49)45(19-27-10-7-6-9-26(27)18-44(5)35(50)51-36(2,3)4)20-31(47)41-29-13-12-25-16-39(17-28(25)15-29)30-11-8-14-40-32(30)42-33(39)48/h6-15H,16-23H2,1-5H3,(H,41,47)(H,43,46)(H,40,42,48)/t37?,38?,39-/m1/s1. The summed E-state index contributed by atoms with van der Waals surface area (Å²) in [5.74, 6) is -0.0760. The van der Waals surface area contributed by atoms with Crippen LogP contribution in [0.4, 0.5) is 16.3 Å². The predicted molar refractivity (Wildman–Crippen MR) is 189 cm³/mol. The first-order chi connectivity index (χ1) is 24.1. The average molecular weight is 693 g/mol. The van der Waals surface area contributed by atoms with E-state index in [-0.39, 0.29) is 48.8 Å². The lowest BCUT2D eigenvalue weighted by Gasteiger charge is -2.69. The van der Waals surface area contributed by atoms with Crippen LogP contribution in [-0.4, -0.2) is 69.2 Å². The third kappa shape index (κ3) is 6.32. The molecule has 8 rings (SSSR count). The van der Waals surface area contributed by atoms with Gasteiger partial charge in [-0.25, -0.2) is 9.78 Å². The smallest absolute Gasteiger partial charge is 0.410 e. The molecule has 4 aliphatic carbocycles. The highest BCUT2D eigenvalue weighted by Gasteiger charge is 2.72. The molecule has 0 radical (unpaired) electrons. The van der Waals surface area contributed by atoms with Gasteiger partial charge in [0.25, 0.3) is 0 Å². The molecule has 1 aliphatic heterocycles. The highest BCUT2D eigenvalue weighted by molar-refractivity contribution is 6.06. The summed E-state index contributed by atoms with van der Waals surface area (Å²) in [6.45, 7) is 7.14. The molecule has 266 valence electrons. The zero-order chi connectivity index (χ0) is 36.3. The molecule has 2 heterocycles. The van der Waals surface area contributed by atoms with Crippen LogP contribution in [0.3, 0.4) is 0 Å². The van der Waals surface area contributed by atoms with Gasteiger partial charge in [0.2, 0.25) is 23.6 Å². The van der Waals surface area contributed by atoms with Crippen LogP contribution in [0, 0.1) is 5.41 Å². The second-order valence-electron chi connectivity index (χ2n) is 15.9. The number of carbonyl (C=O) groups excluding carboxylic acids is 5. The first kappa shape index (κ1) is 34.2. The summed E-state index contributed by atoms with van der Waals surface area (Å²) < 4.78 is 5.54. The number of benzene rings is 2. The van der Waals surface area contributed by atoms with Gasteiger partial charge in [-0.1, -0.05) is 36.4 Å². The SMILES string of the molecule is CC(=O)NC12CC(C(=O)N(CC(=O)Nc3ccc4c(c3)C[C@@]3(C4)C(=O)Nc4ncccc43)Cc3ccccc3CN(C)C(=O)OC(C)(C)C)(C1)C2. The van der Waals surface area contributed by atoms with E-state index >= 15 is 0 Å². The third-order valence-corrected chi connectivity index (χ3v) is 10.6. The van der Waals surface area contributed by atoms with Crippen molar-refractivity contribution >= 4 is 41.2 Å². The number of fused-ring (bicyclic) bond motifs is 3. The largest absolute Gasteiger partial charge is 0.444 e. The molecule has 12 nitrogen and oxygen atoms in total. The van der Waals surface area contributed by atoms with E-state index in [1.54, 1.807) is 18.1 Å². The van der Waals surface area contributed by atoms with E-state index in [1.165, 1.54) is 11.8 Å². The van der Waals surface area contributed by atoms with E-state index in [4.69, 9.17) is 4.74 Å². The molecule has 5 aliphatic rings. The van der Waals surface area contributed by atoms with Crippen LogP contribution in [0.25, 0.3) is 0 Å². The van der Waals surface area contributed by atoms with Gasteiger partial charge in [0.05, 0.1) is 10.8 Å². The Morgan fingerprint density at radius 1 is 0.941 bits per heavy atom.